The van der Waals surface area contributed by atoms with Crippen LogP contribution >= 0.6 is 11.8 Å². The number of hydrogen-bond acceptors (Lipinski definition) is 5. The van der Waals surface area contributed by atoms with E-state index in [1.807, 2.05) is 38.1 Å². The number of carbonyl (C=O) groups is 2. The summed E-state index contributed by atoms with van der Waals surface area (Å²) in [5.74, 6) is 0.161. The molecule has 1 aliphatic rings. The molecule has 3 heterocycles. The summed E-state index contributed by atoms with van der Waals surface area (Å²) in [5, 5.41) is 12.0. The summed E-state index contributed by atoms with van der Waals surface area (Å²) in [7, 11) is 0. The van der Waals surface area contributed by atoms with Crippen LogP contribution in [0.2, 0.25) is 0 Å². The van der Waals surface area contributed by atoms with E-state index in [4.69, 9.17) is 0 Å². The average Bonchev–Trinajstić information content (AvgIpc) is 3.38. The number of para-hydroxylation sites is 2. The van der Waals surface area contributed by atoms with Crippen LogP contribution in [0.3, 0.4) is 0 Å². The van der Waals surface area contributed by atoms with Gasteiger partial charge in [0.2, 0.25) is 17.6 Å². The molecule has 0 aliphatic carbocycles. The number of likely N-dealkylation sites (tertiary alicyclic amines) is 1. The summed E-state index contributed by atoms with van der Waals surface area (Å²) in [4.78, 5) is 27.8. The van der Waals surface area contributed by atoms with E-state index >= 15 is 0 Å². The lowest BCUT2D eigenvalue weighted by Gasteiger charge is -2.39. The Morgan fingerprint density at radius 2 is 1.71 bits per heavy atom. The molecule has 1 N–H and O–H groups in total. The van der Waals surface area contributed by atoms with Crippen molar-refractivity contribution >= 4 is 46.1 Å². The van der Waals surface area contributed by atoms with Crippen LogP contribution in [0, 0.1) is 5.82 Å². The van der Waals surface area contributed by atoms with Gasteiger partial charge in [-0.25, -0.2) is 4.39 Å². The molecule has 2 unspecified atom stereocenters. The molecule has 10 heteroatoms. The molecule has 8 nitrogen and oxygen atoms in total. The van der Waals surface area contributed by atoms with Crippen molar-refractivity contribution in [3.63, 3.8) is 0 Å². The van der Waals surface area contributed by atoms with Crippen LogP contribution in [0.1, 0.15) is 33.1 Å². The highest BCUT2D eigenvalue weighted by atomic mass is 32.2. The first-order valence-corrected chi connectivity index (χ1v) is 12.7. The van der Waals surface area contributed by atoms with Gasteiger partial charge < -0.3 is 10.2 Å². The number of fused-ring (bicyclic) bond motifs is 3. The minimum absolute atomic E-state index is 0.0730. The van der Waals surface area contributed by atoms with E-state index in [-0.39, 0.29) is 42.0 Å². The van der Waals surface area contributed by atoms with Crippen molar-refractivity contribution in [3.8, 4) is 0 Å². The summed E-state index contributed by atoms with van der Waals surface area (Å²) in [6, 6.07) is 13.9. The Morgan fingerprint density at radius 3 is 2.43 bits per heavy atom. The Balaban J connectivity index is 1.39. The van der Waals surface area contributed by atoms with Crippen LogP contribution in [0.5, 0.6) is 0 Å². The number of thioether (sulfide) groups is 1. The van der Waals surface area contributed by atoms with Gasteiger partial charge in [-0.3, -0.25) is 18.6 Å². The highest BCUT2D eigenvalue weighted by Crippen LogP contribution is 2.28. The smallest absolute Gasteiger partial charge is 0.243 e. The normalized spacial score (nSPS) is 18.3. The van der Waals surface area contributed by atoms with E-state index < -0.39 is 0 Å². The van der Waals surface area contributed by atoms with Crippen LogP contribution < -0.4 is 5.32 Å². The van der Waals surface area contributed by atoms with Gasteiger partial charge in [-0.15, -0.1) is 10.2 Å². The van der Waals surface area contributed by atoms with Gasteiger partial charge in [0.15, 0.2) is 5.16 Å². The fraction of sp³-hybridized carbons (Fsp3) is 0.360. The largest absolute Gasteiger partial charge is 0.336 e. The molecule has 0 spiro atoms. The van der Waals surface area contributed by atoms with Crippen LogP contribution in [0.15, 0.2) is 53.7 Å². The zero-order valence-electron chi connectivity index (χ0n) is 19.6. The van der Waals surface area contributed by atoms with E-state index in [0.717, 1.165) is 30.3 Å². The zero-order valence-corrected chi connectivity index (χ0v) is 20.5. The molecule has 35 heavy (non-hydrogen) atoms. The predicted molar refractivity (Wildman–Crippen MR) is 134 cm³/mol. The van der Waals surface area contributed by atoms with E-state index in [9.17, 15) is 14.0 Å². The van der Waals surface area contributed by atoms with Gasteiger partial charge in [-0.1, -0.05) is 23.9 Å². The van der Waals surface area contributed by atoms with Gasteiger partial charge in [0.25, 0.3) is 0 Å². The number of nitrogens with zero attached hydrogens (tertiary/aromatic N) is 5. The Morgan fingerprint density at radius 1 is 1.03 bits per heavy atom. The Labute approximate surface area is 206 Å². The van der Waals surface area contributed by atoms with E-state index in [1.165, 1.54) is 36.0 Å². The molecule has 0 radical (unpaired) electrons. The Hall–Kier alpha value is -3.40. The quantitative estimate of drug-likeness (QED) is 0.403. The van der Waals surface area contributed by atoms with Gasteiger partial charge in [-0.2, -0.15) is 0 Å². The fourth-order valence-corrected chi connectivity index (χ4v) is 5.62. The number of imidazole rings is 1. The van der Waals surface area contributed by atoms with Gasteiger partial charge in [0, 0.05) is 17.8 Å². The van der Waals surface area contributed by atoms with Crippen molar-refractivity contribution < 1.29 is 14.0 Å². The highest BCUT2D eigenvalue weighted by molar-refractivity contribution is 7.99. The van der Waals surface area contributed by atoms with Gasteiger partial charge in [-0.05, 0) is 69.5 Å². The second kappa shape index (κ2) is 9.69. The second-order valence-corrected chi connectivity index (χ2v) is 9.91. The molecule has 1 saturated heterocycles. The molecule has 2 aromatic heterocycles. The summed E-state index contributed by atoms with van der Waals surface area (Å²) in [5.41, 5.74) is 2.29. The SMILES string of the molecule is CC1CCCC(C)N1C(=O)Cn1c2ccccc2n2c(SCC(=O)Nc3ccc(F)cc3)nnc12. The monoisotopic (exact) mass is 494 g/mol. The molecule has 4 aromatic rings. The van der Waals surface area contributed by atoms with Gasteiger partial charge in [0.05, 0.1) is 16.8 Å². The standard InChI is InChI=1S/C25H27FN6O2S/c1-16-6-5-7-17(2)31(16)23(34)14-30-20-8-3-4-9-21(20)32-24(30)28-29-25(32)35-15-22(33)27-19-12-10-18(26)11-13-19/h3-4,8-13,16-17H,5-7,14-15H2,1-2H3,(H,27,33). The first-order valence-electron chi connectivity index (χ1n) is 11.7. The number of rotatable bonds is 6. The summed E-state index contributed by atoms with van der Waals surface area (Å²) in [6.07, 6.45) is 3.18. The average molecular weight is 495 g/mol. The number of nitrogens with one attached hydrogen (secondary N) is 1. The molecule has 0 bridgehead atoms. The van der Waals surface area contributed by atoms with E-state index in [2.05, 4.69) is 29.4 Å². The maximum atomic E-state index is 13.4. The number of benzene rings is 2. The van der Waals surface area contributed by atoms with Crippen molar-refractivity contribution in [2.24, 2.45) is 0 Å². The van der Waals surface area contributed by atoms with Gasteiger partial charge >= 0.3 is 0 Å². The minimum Gasteiger partial charge on any atom is -0.336 e. The van der Waals surface area contributed by atoms with Crippen molar-refractivity contribution in [2.75, 3.05) is 11.1 Å². The lowest BCUT2D eigenvalue weighted by molar-refractivity contribution is -0.137. The number of piperidine rings is 1. The Bertz CT molecular complexity index is 1370. The number of anilines is 1. The minimum atomic E-state index is -0.359. The molecule has 1 aliphatic heterocycles. The maximum Gasteiger partial charge on any atom is 0.243 e. The van der Waals surface area contributed by atoms with Crippen LogP contribution in [-0.2, 0) is 16.1 Å². The molecular formula is C25H27FN6O2S. The highest BCUT2D eigenvalue weighted by Gasteiger charge is 2.30. The van der Waals surface area contributed by atoms with E-state index in [1.54, 1.807) is 0 Å². The van der Waals surface area contributed by atoms with Gasteiger partial charge in [0.1, 0.15) is 12.4 Å². The topological polar surface area (TPSA) is 84.5 Å². The molecule has 2 aromatic carbocycles. The zero-order chi connectivity index (χ0) is 24.5. The third-order valence-corrected chi connectivity index (χ3v) is 7.44. The molecular weight excluding hydrogens is 467 g/mol. The summed E-state index contributed by atoms with van der Waals surface area (Å²) in [6.45, 7) is 4.40. The molecule has 0 saturated carbocycles. The third-order valence-electron chi connectivity index (χ3n) is 6.51. The first-order chi connectivity index (χ1) is 16.9. The molecule has 2 atom stereocenters. The van der Waals surface area contributed by atoms with E-state index in [0.29, 0.717) is 16.6 Å². The third kappa shape index (κ3) is 4.62. The molecule has 182 valence electrons. The number of carbonyl (C=O) groups excluding carboxylic acids is 2. The predicted octanol–water partition coefficient (Wildman–Crippen LogP) is 4.34. The summed E-state index contributed by atoms with van der Waals surface area (Å²) < 4.78 is 16.9. The van der Waals surface area contributed by atoms with Crippen LogP contribution in [0.4, 0.5) is 10.1 Å². The maximum absolute atomic E-state index is 13.4. The first kappa shape index (κ1) is 23.3. The van der Waals surface area contributed by atoms with Crippen molar-refractivity contribution in [1.82, 2.24) is 24.1 Å². The molecule has 1 fully saturated rings. The van der Waals surface area contributed by atoms with Crippen molar-refractivity contribution in [3.05, 3.63) is 54.3 Å². The number of amides is 2. The Kier molecular flexibility index (Phi) is 6.46. The van der Waals surface area contributed by atoms with Crippen LogP contribution in [-0.4, -0.2) is 53.7 Å². The number of halogens is 1. The molecule has 5 rings (SSSR count). The van der Waals surface area contributed by atoms with Crippen molar-refractivity contribution in [1.29, 1.82) is 0 Å². The number of aromatic nitrogens is 4. The fourth-order valence-electron chi connectivity index (χ4n) is 4.88. The second-order valence-electron chi connectivity index (χ2n) is 8.97. The molecule has 2 amide bonds. The van der Waals surface area contributed by atoms with Crippen LogP contribution in [0.25, 0.3) is 16.8 Å². The lowest BCUT2D eigenvalue weighted by atomic mass is 9.97. The number of hydrogen-bond donors (Lipinski definition) is 1. The lowest BCUT2D eigenvalue weighted by Crippen LogP contribution is -2.48. The summed E-state index contributed by atoms with van der Waals surface area (Å²) >= 11 is 1.26. The van der Waals surface area contributed by atoms with Crippen molar-refractivity contribution in [2.45, 2.75) is 56.9 Å².